The lowest BCUT2D eigenvalue weighted by Crippen LogP contribution is -2.53. The molecule has 0 unspecified atom stereocenters. The molecular weight excluding hydrogens is 390 g/mol. The Morgan fingerprint density at radius 2 is 1.85 bits per heavy atom. The van der Waals surface area contributed by atoms with Gasteiger partial charge in [0, 0.05) is 49.5 Å². The van der Waals surface area contributed by atoms with E-state index in [0.717, 1.165) is 11.3 Å². The molecule has 1 saturated heterocycles. The smallest absolute Gasteiger partial charge is 0.317 e. The third kappa shape index (κ3) is 4.79. The highest BCUT2D eigenvalue weighted by Crippen LogP contribution is 2.13. The molecular formula is C17H22ClN5O3S. The van der Waals surface area contributed by atoms with Crippen LogP contribution in [0.3, 0.4) is 0 Å². The number of carbonyl (C=O) groups excluding carboxylic acids is 1. The molecule has 1 N–H and O–H groups in total. The van der Waals surface area contributed by atoms with Crippen molar-refractivity contribution >= 4 is 27.7 Å². The van der Waals surface area contributed by atoms with Gasteiger partial charge < -0.3 is 10.2 Å². The zero-order chi connectivity index (χ0) is 19.4. The summed E-state index contributed by atoms with van der Waals surface area (Å²) in [5.74, 6) is 0.0802. The lowest BCUT2D eigenvalue weighted by Gasteiger charge is -2.33. The molecule has 0 spiro atoms. The van der Waals surface area contributed by atoms with Crippen LogP contribution < -0.4 is 5.32 Å². The fraction of sp³-hybridized carbons (Fsp3) is 0.412. The number of carbonyl (C=O) groups is 1. The topological polar surface area (TPSA) is 87.5 Å². The summed E-state index contributed by atoms with van der Waals surface area (Å²) in [5, 5.41) is 7.80. The molecule has 2 heterocycles. The second kappa shape index (κ2) is 8.28. The van der Waals surface area contributed by atoms with Gasteiger partial charge in [-0.1, -0.05) is 11.6 Å². The Labute approximate surface area is 163 Å². The summed E-state index contributed by atoms with van der Waals surface area (Å²) in [7, 11) is -3.20. The van der Waals surface area contributed by atoms with Gasteiger partial charge in [0.1, 0.15) is 0 Å². The van der Waals surface area contributed by atoms with Crippen molar-refractivity contribution in [1.29, 1.82) is 0 Å². The first-order chi connectivity index (χ1) is 12.9. The van der Waals surface area contributed by atoms with Gasteiger partial charge in [-0.2, -0.15) is 9.40 Å². The van der Waals surface area contributed by atoms with E-state index in [9.17, 15) is 13.2 Å². The Balaban J connectivity index is 1.51. The number of rotatable bonds is 5. The standard InChI is InChI=1S/C17H22ClN5O3S/c1-2-27(25,26)22-9-7-21(8-10-22)17(24)19-11-14-12-20-23(13-14)16-5-3-15(18)4-6-16/h3-6,12-13H,2,7-11H2,1H3,(H,19,24). The van der Waals surface area contributed by atoms with Crippen LogP contribution in [0.25, 0.3) is 5.69 Å². The van der Waals surface area contributed by atoms with Gasteiger partial charge in [0.2, 0.25) is 10.0 Å². The zero-order valence-corrected chi connectivity index (χ0v) is 16.6. The fourth-order valence-electron chi connectivity index (χ4n) is 2.83. The normalized spacial score (nSPS) is 15.7. The minimum Gasteiger partial charge on any atom is -0.334 e. The molecule has 1 aliphatic rings. The van der Waals surface area contributed by atoms with Crippen molar-refractivity contribution in [2.45, 2.75) is 13.5 Å². The first kappa shape index (κ1) is 19.7. The van der Waals surface area contributed by atoms with E-state index in [2.05, 4.69) is 10.4 Å². The van der Waals surface area contributed by atoms with E-state index in [0.29, 0.717) is 37.7 Å². The van der Waals surface area contributed by atoms with Gasteiger partial charge in [-0.05, 0) is 31.2 Å². The number of sulfonamides is 1. The van der Waals surface area contributed by atoms with Crippen molar-refractivity contribution in [3.8, 4) is 5.69 Å². The molecule has 1 aromatic heterocycles. The summed E-state index contributed by atoms with van der Waals surface area (Å²) >= 11 is 5.89. The minimum absolute atomic E-state index is 0.0802. The lowest BCUT2D eigenvalue weighted by atomic mass is 10.3. The van der Waals surface area contributed by atoms with Crippen LogP contribution in [-0.4, -0.2) is 65.4 Å². The molecule has 0 bridgehead atoms. The van der Waals surface area contributed by atoms with Gasteiger partial charge in [-0.15, -0.1) is 0 Å². The van der Waals surface area contributed by atoms with Crippen LogP contribution in [0.15, 0.2) is 36.7 Å². The molecule has 8 nitrogen and oxygen atoms in total. The summed E-state index contributed by atoms with van der Waals surface area (Å²) in [4.78, 5) is 13.9. The van der Waals surface area contributed by atoms with Gasteiger partial charge in [-0.3, -0.25) is 0 Å². The second-order valence-corrected chi connectivity index (χ2v) is 8.91. The number of amides is 2. The molecule has 0 aliphatic carbocycles. The number of nitrogens with one attached hydrogen (secondary N) is 1. The van der Waals surface area contributed by atoms with Crippen LogP contribution in [0.4, 0.5) is 4.79 Å². The van der Waals surface area contributed by atoms with E-state index in [-0.39, 0.29) is 11.8 Å². The van der Waals surface area contributed by atoms with E-state index >= 15 is 0 Å². The highest BCUT2D eigenvalue weighted by atomic mass is 35.5. The van der Waals surface area contributed by atoms with Gasteiger partial charge >= 0.3 is 6.03 Å². The highest BCUT2D eigenvalue weighted by molar-refractivity contribution is 7.89. The summed E-state index contributed by atoms with van der Waals surface area (Å²) in [6.07, 6.45) is 3.54. The molecule has 0 atom stereocenters. The van der Waals surface area contributed by atoms with Crippen molar-refractivity contribution in [3.63, 3.8) is 0 Å². The van der Waals surface area contributed by atoms with Crippen LogP contribution in [0.1, 0.15) is 12.5 Å². The van der Waals surface area contributed by atoms with Crippen molar-refractivity contribution in [1.82, 2.24) is 24.3 Å². The van der Waals surface area contributed by atoms with E-state index in [4.69, 9.17) is 11.6 Å². The maximum atomic E-state index is 12.3. The van der Waals surface area contributed by atoms with Crippen LogP contribution in [0.2, 0.25) is 5.02 Å². The second-order valence-electron chi connectivity index (χ2n) is 6.21. The van der Waals surface area contributed by atoms with E-state index in [1.807, 2.05) is 18.3 Å². The summed E-state index contributed by atoms with van der Waals surface area (Å²) in [6.45, 7) is 3.40. The molecule has 10 heteroatoms. The Bertz CT molecular complexity index is 890. The van der Waals surface area contributed by atoms with Crippen LogP contribution in [0, 0.1) is 0 Å². The van der Waals surface area contributed by atoms with E-state index in [1.165, 1.54) is 4.31 Å². The van der Waals surface area contributed by atoms with Crippen molar-refractivity contribution in [2.75, 3.05) is 31.9 Å². The maximum absolute atomic E-state index is 12.3. The number of hydrogen-bond acceptors (Lipinski definition) is 4. The van der Waals surface area contributed by atoms with E-state index in [1.54, 1.807) is 34.8 Å². The molecule has 0 saturated carbocycles. The van der Waals surface area contributed by atoms with Gasteiger partial charge in [0.05, 0.1) is 17.6 Å². The molecule has 3 rings (SSSR count). The average molecular weight is 412 g/mol. The lowest BCUT2D eigenvalue weighted by molar-refractivity contribution is 0.172. The quantitative estimate of drug-likeness (QED) is 0.811. The molecule has 1 aromatic carbocycles. The largest absolute Gasteiger partial charge is 0.334 e. The highest BCUT2D eigenvalue weighted by Gasteiger charge is 2.27. The first-order valence-corrected chi connectivity index (χ1v) is 10.7. The molecule has 27 heavy (non-hydrogen) atoms. The van der Waals surface area contributed by atoms with Crippen molar-refractivity contribution < 1.29 is 13.2 Å². The molecule has 146 valence electrons. The first-order valence-electron chi connectivity index (χ1n) is 8.69. The fourth-order valence-corrected chi connectivity index (χ4v) is 4.04. The third-order valence-corrected chi connectivity index (χ3v) is 6.59. The monoisotopic (exact) mass is 411 g/mol. The zero-order valence-electron chi connectivity index (χ0n) is 15.0. The number of aromatic nitrogens is 2. The summed E-state index contributed by atoms with van der Waals surface area (Å²) < 4.78 is 26.9. The number of urea groups is 1. The molecule has 1 aliphatic heterocycles. The molecule has 0 radical (unpaired) electrons. The SMILES string of the molecule is CCS(=O)(=O)N1CCN(C(=O)NCc2cnn(-c3ccc(Cl)cc3)c2)CC1. The molecule has 2 aromatic rings. The Hall–Kier alpha value is -2.10. The third-order valence-electron chi connectivity index (χ3n) is 4.46. The molecule has 2 amide bonds. The average Bonchev–Trinajstić information content (AvgIpc) is 3.16. The van der Waals surface area contributed by atoms with Crippen LogP contribution in [0.5, 0.6) is 0 Å². The number of benzene rings is 1. The minimum atomic E-state index is -3.20. The van der Waals surface area contributed by atoms with Crippen LogP contribution in [-0.2, 0) is 16.6 Å². The molecule has 1 fully saturated rings. The van der Waals surface area contributed by atoms with Gasteiger partial charge in [0.25, 0.3) is 0 Å². The van der Waals surface area contributed by atoms with Crippen molar-refractivity contribution in [3.05, 3.63) is 47.2 Å². The number of halogens is 1. The predicted molar refractivity (Wildman–Crippen MR) is 103 cm³/mol. The Morgan fingerprint density at radius 1 is 1.19 bits per heavy atom. The summed E-state index contributed by atoms with van der Waals surface area (Å²) in [5.41, 5.74) is 1.75. The number of piperazine rings is 1. The van der Waals surface area contributed by atoms with Gasteiger partial charge in [0.15, 0.2) is 0 Å². The number of hydrogen-bond donors (Lipinski definition) is 1. The Kier molecular flexibility index (Phi) is 6.03. The summed E-state index contributed by atoms with van der Waals surface area (Å²) in [6, 6.07) is 7.10. The van der Waals surface area contributed by atoms with Gasteiger partial charge in [-0.25, -0.2) is 17.9 Å². The Morgan fingerprint density at radius 3 is 2.48 bits per heavy atom. The van der Waals surface area contributed by atoms with E-state index < -0.39 is 10.0 Å². The van der Waals surface area contributed by atoms with Crippen LogP contribution >= 0.6 is 11.6 Å². The van der Waals surface area contributed by atoms with Crippen molar-refractivity contribution in [2.24, 2.45) is 0 Å². The maximum Gasteiger partial charge on any atom is 0.317 e. The predicted octanol–water partition coefficient (Wildman–Crippen LogP) is 1.70. The number of nitrogens with zero attached hydrogens (tertiary/aromatic N) is 4.